The van der Waals surface area contributed by atoms with Crippen LogP contribution in [0.1, 0.15) is 26.5 Å². The number of aromatic nitrogens is 2. The lowest BCUT2D eigenvalue weighted by atomic mass is 9.92. The molecule has 0 fully saturated rings. The summed E-state index contributed by atoms with van der Waals surface area (Å²) >= 11 is 1.38. The van der Waals surface area contributed by atoms with Crippen LogP contribution < -0.4 is 0 Å². The molecule has 0 aromatic carbocycles. The molecule has 0 aliphatic heterocycles. The molecule has 0 unspecified atom stereocenters. The van der Waals surface area contributed by atoms with E-state index in [4.69, 9.17) is 0 Å². The van der Waals surface area contributed by atoms with Crippen molar-refractivity contribution < 1.29 is 4.79 Å². The first-order chi connectivity index (χ1) is 7.47. The molecule has 86 valence electrons. The second kappa shape index (κ2) is 5.14. The smallest absolute Gasteiger partial charge is 0.174 e. The molecule has 4 nitrogen and oxygen atoms in total. The lowest BCUT2D eigenvalue weighted by molar-refractivity contribution is 0.567. The number of carbonyl (C=O) groups excluding carboxylic acids is 1. The summed E-state index contributed by atoms with van der Waals surface area (Å²) in [6, 6.07) is 1.88. The first-order valence-electron chi connectivity index (χ1n) is 4.87. The number of hydrogen-bond donors (Lipinski definition) is 1. The summed E-state index contributed by atoms with van der Waals surface area (Å²) in [5, 5.41) is 7.61. The molecule has 1 aromatic heterocycles. The fourth-order valence-electron chi connectivity index (χ4n) is 1.05. The number of nitrogens with one attached hydrogen (secondary N) is 1. The molecule has 0 atom stereocenters. The van der Waals surface area contributed by atoms with E-state index in [0.29, 0.717) is 10.9 Å². The summed E-state index contributed by atoms with van der Waals surface area (Å²) in [6.45, 7) is 6.28. The molecule has 0 bridgehead atoms. The normalized spacial score (nSPS) is 12.4. The van der Waals surface area contributed by atoms with Crippen molar-refractivity contribution in [1.82, 2.24) is 10.2 Å². The Labute approximate surface area is 99.2 Å². The van der Waals surface area contributed by atoms with E-state index >= 15 is 0 Å². The SMILES string of the molecule is CSC(C=C=O)=Nc1cc(C(C)(C)C)[nH]n1. The van der Waals surface area contributed by atoms with Gasteiger partial charge >= 0.3 is 0 Å². The highest BCUT2D eigenvalue weighted by molar-refractivity contribution is 8.13. The highest BCUT2D eigenvalue weighted by Crippen LogP contribution is 2.23. The summed E-state index contributed by atoms with van der Waals surface area (Å²) in [6.07, 6.45) is 3.15. The molecule has 16 heavy (non-hydrogen) atoms. The third-order valence-corrected chi connectivity index (χ3v) is 2.62. The van der Waals surface area contributed by atoms with Crippen LogP contribution in [0.2, 0.25) is 0 Å². The van der Waals surface area contributed by atoms with Crippen LogP contribution in [0.4, 0.5) is 5.82 Å². The number of thioether (sulfide) groups is 1. The lowest BCUT2D eigenvalue weighted by Crippen LogP contribution is -2.11. The molecule has 1 N–H and O–H groups in total. The minimum Gasteiger partial charge on any atom is -0.280 e. The van der Waals surface area contributed by atoms with E-state index in [1.54, 1.807) is 5.94 Å². The van der Waals surface area contributed by atoms with Crippen LogP contribution in [0.15, 0.2) is 17.1 Å². The Morgan fingerprint density at radius 2 is 2.31 bits per heavy atom. The van der Waals surface area contributed by atoms with E-state index in [1.807, 2.05) is 12.3 Å². The fraction of sp³-hybridized carbons (Fsp3) is 0.455. The summed E-state index contributed by atoms with van der Waals surface area (Å²) in [4.78, 5) is 14.4. The fourth-order valence-corrected chi connectivity index (χ4v) is 1.40. The summed E-state index contributed by atoms with van der Waals surface area (Å²) in [5.41, 5.74) is 1.03. The van der Waals surface area contributed by atoms with Gasteiger partial charge in [-0.2, -0.15) is 5.10 Å². The number of H-pyrrole nitrogens is 1. The van der Waals surface area contributed by atoms with Gasteiger partial charge in [0.2, 0.25) is 0 Å². The van der Waals surface area contributed by atoms with Crippen LogP contribution in [-0.4, -0.2) is 27.4 Å². The second-order valence-electron chi connectivity index (χ2n) is 4.31. The van der Waals surface area contributed by atoms with Gasteiger partial charge in [0.05, 0.1) is 6.08 Å². The van der Waals surface area contributed by atoms with Crippen LogP contribution in [0.5, 0.6) is 0 Å². The highest BCUT2D eigenvalue weighted by Gasteiger charge is 2.16. The van der Waals surface area contributed by atoms with Gasteiger partial charge in [0.15, 0.2) is 5.82 Å². The first-order valence-corrected chi connectivity index (χ1v) is 6.09. The molecule has 0 aliphatic rings. The number of aromatic amines is 1. The van der Waals surface area contributed by atoms with Crippen LogP contribution in [0.25, 0.3) is 0 Å². The number of nitrogens with zero attached hydrogens (tertiary/aromatic N) is 2. The van der Waals surface area contributed by atoms with Crippen molar-refractivity contribution in [3.8, 4) is 0 Å². The van der Waals surface area contributed by atoms with E-state index < -0.39 is 0 Å². The zero-order valence-electron chi connectivity index (χ0n) is 9.87. The van der Waals surface area contributed by atoms with Crippen LogP contribution >= 0.6 is 11.8 Å². The van der Waals surface area contributed by atoms with Crippen molar-refractivity contribution in [1.29, 1.82) is 0 Å². The third-order valence-electron chi connectivity index (χ3n) is 1.99. The minimum absolute atomic E-state index is 0.0147. The van der Waals surface area contributed by atoms with Crippen molar-refractivity contribution >= 4 is 28.6 Å². The summed E-state index contributed by atoms with van der Waals surface area (Å²) in [5.74, 6) is 2.30. The highest BCUT2D eigenvalue weighted by atomic mass is 32.2. The standard InChI is InChI=1S/C11H15N3OS/c1-11(2,3)8-7-9(14-13-8)12-10(16-4)5-6-15/h5,7H,1-4H3,(H,13,14). The summed E-state index contributed by atoms with van der Waals surface area (Å²) in [7, 11) is 0. The molecule has 0 radical (unpaired) electrons. The predicted molar refractivity (Wildman–Crippen MR) is 68.2 cm³/mol. The van der Waals surface area contributed by atoms with Crippen molar-refractivity contribution in [2.75, 3.05) is 6.26 Å². The Kier molecular flexibility index (Phi) is 4.10. The van der Waals surface area contributed by atoms with Gasteiger partial charge in [0.1, 0.15) is 11.0 Å². The topological polar surface area (TPSA) is 58.1 Å². The number of hydrogen-bond acceptors (Lipinski definition) is 4. The zero-order chi connectivity index (χ0) is 12.2. The van der Waals surface area contributed by atoms with Gasteiger partial charge in [-0.3, -0.25) is 5.10 Å². The molecular weight excluding hydrogens is 222 g/mol. The van der Waals surface area contributed by atoms with E-state index in [-0.39, 0.29) is 5.41 Å². The monoisotopic (exact) mass is 237 g/mol. The second-order valence-corrected chi connectivity index (χ2v) is 5.13. The predicted octanol–water partition coefficient (Wildman–Crippen LogP) is 2.49. The maximum Gasteiger partial charge on any atom is 0.174 e. The van der Waals surface area contributed by atoms with Crippen LogP contribution in [-0.2, 0) is 10.2 Å². The molecule has 0 aliphatic carbocycles. The van der Waals surface area contributed by atoms with Gasteiger partial charge in [-0.25, -0.2) is 9.79 Å². The first kappa shape index (κ1) is 12.7. The summed E-state index contributed by atoms with van der Waals surface area (Å²) < 4.78 is 0. The molecule has 0 saturated carbocycles. The number of rotatable bonds is 2. The average molecular weight is 237 g/mol. The van der Waals surface area contributed by atoms with Gasteiger partial charge < -0.3 is 0 Å². The molecule has 1 heterocycles. The molecule has 0 amide bonds. The van der Waals surface area contributed by atoms with Gasteiger partial charge in [-0.05, 0) is 6.26 Å². The van der Waals surface area contributed by atoms with Crippen molar-refractivity contribution in [3.63, 3.8) is 0 Å². The molecule has 1 aromatic rings. The van der Waals surface area contributed by atoms with Crippen molar-refractivity contribution in [2.24, 2.45) is 4.99 Å². The zero-order valence-corrected chi connectivity index (χ0v) is 10.7. The maximum atomic E-state index is 10.2. The van der Waals surface area contributed by atoms with E-state index in [9.17, 15) is 4.79 Å². The Morgan fingerprint density at radius 3 is 2.75 bits per heavy atom. The Hall–Kier alpha value is -1.32. The van der Waals surface area contributed by atoms with Gasteiger partial charge in [0.25, 0.3) is 0 Å². The minimum atomic E-state index is 0.0147. The van der Waals surface area contributed by atoms with Gasteiger partial charge in [-0.15, -0.1) is 11.8 Å². The van der Waals surface area contributed by atoms with Crippen molar-refractivity contribution in [2.45, 2.75) is 26.2 Å². The molecule has 5 heteroatoms. The molecular formula is C11H15N3OS. The lowest BCUT2D eigenvalue weighted by Gasteiger charge is -2.14. The van der Waals surface area contributed by atoms with Crippen molar-refractivity contribution in [3.05, 3.63) is 17.8 Å². The van der Waals surface area contributed by atoms with Crippen LogP contribution in [0.3, 0.4) is 0 Å². The Morgan fingerprint density at radius 1 is 1.62 bits per heavy atom. The number of aliphatic imine (C=N–C) groups is 1. The molecule has 0 spiro atoms. The van der Waals surface area contributed by atoms with Gasteiger partial charge in [0, 0.05) is 17.2 Å². The third kappa shape index (κ3) is 3.36. The average Bonchev–Trinajstić information content (AvgIpc) is 2.65. The molecule has 1 rings (SSSR count). The van der Waals surface area contributed by atoms with E-state index in [1.165, 1.54) is 17.8 Å². The van der Waals surface area contributed by atoms with E-state index in [0.717, 1.165) is 5.69 Å². The largest absolute Gasteiger partial charge is 0.280 e. The quantitative estimate of drug-likeness (QED) is 0.488. The maximum absolute atomic E-state index is 10.2. The Bertz CT molecular complexity index is 436. The Balaban J connectivity index is 2.98. The van der Waals surface area contributed by atoms with Gasteiger partial charge in [-0.1, -0.05) is 20.8 Å². The van der Waals surface area contributed by atoms with E-state index in [2.05, 4.69) is 36.0 Å². The van der Waals surface area contributed by atoms with Crippen LogP contribution in [0, 0.1) is 0 Å². The molecule has 0 saturated heterocycles.